The molecule has 0 bridgehead atoms. The zero-order valence-electron chi connectivity index (χ0n) is 11.0. The summed E-state index contributed by atoms with van der Waals surface area (Å²) in [5.41, 5.74) is 0.602. The van der Waals surface area contributed by atoms with Gasteiger partial charge in [-0.2, -0.15) is 12.6 Å². The van der Waals surface area contributed by atoms with Gasteiger partial charge in [0.25, 0.3) is 0 Å². The molecule has 2 aliphatic carbocycles. The van der Waals surface area contributed by atoms with Crippen LogP contribution in [-0.2, 0) is 0 Å². The molecule has 1 saturated heterocycles. The molecule has 0 aromatic rings. The Hall–Kier alpha value is 0.310. The molecule has 0 aromatic heterocycles. The fraction of sp³-hybridized carbons (Fsp3) is 1.00. The lowest BCUT2D eigenvalue weighted by atomic mass is 9.69. The highest BCUT2D eigenvalue weighted by Gasteiger charge is 2.39. The number of fused-ring (bicyclic) bond motifs is 1. The van der Waals surface area contributed by atoms with E-state index in [1.165, 1.54) is 71.0 Å². The molecule has 0 amide bonds. The molecule has 2 atom stereocenters. The van der Waals surface area contributed by atoms with E-state index < -0.39 is 0 Å². The van der Waals surface area contributed by atoms with Crippen LogP contribution in [0.5, 0.6) is 0 Å². The zero-order chi connectivity index (χ0) is 11.7. The van der Waals surface area contributed by atoms with E-state index in [1.54, 1.807) is 0 Å². The lowest BCUT2D eigenvalue weighted by Gasteiger charge is -2.48. The molecule has 3 aliphatic rings. The van der Waals surface area contributed by atoms with Crippen LogP contribution in [0.2, 0.25) is 0 Å². The Balaban J connectivity index is 1.55. The monoisotopic (exact) mass is 253 g/mol. The number of piperidine rings is 1. The average molecular weight is 253 g/mol. The number of hydrogen-bond acceptors (Lipinski definition) is 2. The summed E-state index contributed by atoms with van der Waals surface area (Å²) < 4.78 is 0. The van der Waals surface area contributed by atoms with E-state index in [2.05, 4.69) is 17.5 Å². The van der Waals surface area contributed by atoms with Gasteiger partial charge >= 0.3 is 0 Å². The summed E-state index contributed by atoms with van der Waals surface area (Å²) in [7, 11) is 0. The summed E-state index contributed by atoms with van der Waals surface area (Å²) in [4.78, 5) is 2.78. The number of likely N-dealkylation sites (tertiary alicyclic amines) is 1. The van der Waals surface area contributed by atoms with Crippen LogP contribution in [0.4, 0.5) is 0 Å². The normalized spacial score (nSPS) is 37.2. The molecule has 3 fully saturated rings. The van der Waals surface area contributed by atoms with Gasteiger partial charge in [-0.15, -0.1) is 0 Å². The maximum absolute atomic E-state index is 4.60. The Labute approximate surface area is 112 Å². The van der Waals surface area contributed by atoms with E-state index in [0.717, 1.165) is 17.6 Å². The largest absolute Gasteiger partial charge is 0.302 e. The molecule has 1 heterocycles. The molecule has 2 saturated carbocycles. The summed E-state index contributed by atoms with van der Waals surface area (Å²) in [5.74, 6) is 3.22. The first-order valence-corrected chi connectivity index (χ1v) is 8.28. The van der Waals surface area contributed by atoms with Gasteiger partial charge in [-0.1, -0.05) is 25.7 Å². The minimum Gasteiger partial charge on any atom is -0.302 e. The molecule has 1 aliphatic heterocycles. The van der Waals surface area contributed by atoms with Crippen molar-refractivity contribution < 1.29 is 0 Å². The number of thiol groups is 1. The summed E-state index contributed by atoms with van der Waals surface area (Å²) in [6.45, 7) is 4.12. The zero-order valence-corrected chi connectivity index (χ0v) is 11.9. The number of nitrogens with zero attached hydrogens (tertiary/aromatic N) is 1. The first kappa shape index (κ1) is 12.3. The maximum atomic E-state index is 4.60. The standard InChI is InChI=1S/C15H27NS/c17-12-15(7-3-8-15)11-16-9-6-13-4-1-2-5-14(13)10-16/h13-14,17H,1-12H2. The Bertz CT molecular complexity index is 256. The van der Waals surface area contributed by atoms with Crippen molar-refractivity contribution in [2.75, 3.05) is 25.4 Å². The summed E-state index contributed by atoms with van der Waals surface area (Å²) in [6.07, 6.45) is 11.8. The Kier molecular flexibility index (Phi) is 3.72. The van der Waals surface area contributed by atoms with Gasteiger partial charge in [0.1, 0.15) is 0 Å². The van der Waals surface area contributed by atoms with Crippen LogP contribution in [0.1, 0.15) is 51.4 Å². The lowest BCUT2D eigenvalue weighted by molar-refractivity contribution is 0.0301. The summed E-state index contributed by atoms with van der Waals surface area (Å²) in [5, 5.41) is 0. The van der Waals surface area contributed by atoms with Crippen LogP contribution in [0.15, 0.2) is 0 Å². The number of hydrogen-bond donors (Lipinski definition) is 1. The second kappa shape index (κ2) is 5.13. The highest BCUT2D eigenvalue weighted by Crippen LogP contribution is 2.44. The molecule has 2 heteroatoms. The van der Waals surface area contributed by atoms with Gasteiger partial charge < -0.3 is 4.90 Å². The first-order valence-electron chi connectivity index (χ1n) is 7.65. The van der Waals surface area contributed by atoms with E-state index >= 15 is 0 Å². The minimum atomic E-state index is 0.602. The molecule has 17 heavy (non-hydrogen) atoms. The number of rotatable bonds is 3. The topological polar surface area (TPSA) is 3.24 Å². The van der Waals surface area contributed by atoms with E-state index in [1.807, 2.05) is 0 Å². The maximum Gasteiger partial charge on any atom is 0.00459 e. The second-order valence-corrected chi connectivity index (χ2v) is 7.16. The lowest BCUT2D eigenvalue weighted by Crippen LogP contribution is -2.49. The third kappa shape index (κ3) is 2.53. The van der Waals surface area contributed by atoms with E-state index in [9.17, 15) is 0 Å². The highest BCUT2D eigenvalue weighted by molar-refractivity contribution is 7.80. The van der Waals surface area contributed by atoms with Crippen LogP contribution in [0, 0.1) is 17.3 Å². The van der Waals surface area contributed by atoms with Crippen molar-refractivity contribution in [3.63, 3.8) is 0 Å². The van der Waals surface area contributed by atoms with Crippen molar-refractivity contribution in [1.82, 2.24) is 4.90 Å². The molecule has 1 nitrogen and oxygen atoms in total. The Morgan fingerprint density at radius 2 is 1.76 bits per heavy atom. The quantitative estimate of drug-likeness (QED) is 0.752. The summed E-state index contributed by atoms with van der Waals surface area (Å²) in [6, 6.07) is 0. The first-order chi connectivity index (χ1) is 8.31. The van der Waals surface area contributed by atoms with Gasteiger partial charge in [0.05, 0.1) is 0 Å². The van der Waals surface area contributed by atoms with Crippen molar-refractivity contribution in [1.29, 1.82) is 0 Å². The van der Waals surface area contributed by atoms with Gasteiger partial charge in [-0.3, -0.25) is 0 Å². The third-order valence-electron chi connectivity index (χ3n) is 5.68. The molecule has 0 N–H and O–H groups in total. The second-order valence-electron chi connectivity index (χ2n) is 6.84. The van der Waals surface area contributed by atoms with Gasteiger partial charge in [0.15, 0.2) is 0 Å². The Morgan fingerprint density at radius 1 is 1.00 bits per heavy atom. The van der Waals surface area contributed by atoms with Crippen molar-refractivity contribution in [2.24, 2.45) is 17.3 Å². The van der Waals surface area contributed by atoms with Gasteiger partial charge in [-0.05, 0) is 55.2 Å². The SMILES string of the molecule is SCC1(CN2CCC3CCCCC3C2)CCC1. The summed E-state index contributed by atoms with van der Waals surface area (Å²) >= 11 is 4.60. The molecular weight excluding hydrogens is 226 g/mol. The molecule has 3 rings (SSSR count). The molecular formula is C15H27NS. The minimum absolute atomic E-state index is 0.602. The Morgan fingerprint density at radius 3 is 2.41 bits per heavy atom. The van der Waals surface area contributed by atoms with Crippen LogP contribution in [0.25, 0.3) is 0 Å². The van der Waals surface area contributed by atoms with Crippen LogP contribution < -0.4 is 0 Å². The van der Waals surface area contributed by atoms with Crippen molar-refractivity contribution >= 4 is 12.6 Å². The van der Waals surface area contributed by atoms with Gasteiger partial charge in [-0.25, -0.2) is 0 Å². The van der Waals surface area contributed by atoms with Crippen LogP contribution in [-0.4, -0.2) is 30.3 Å². The predicted octanol–water partition coefficient (Wildman–Crippen LogP) is 3.60. The van der Waals surface area contributed by atoms with E-state index in [0.29, 0.717) is 5.41 Å². The van der Waals surface area contributed by atoms with Crippen LogP contribution in [0.3, 0.4) is 0 Å². The van der Waals surface area contributed by atoms with E-state index in [-0.39, 0.29) is 0 Å². The molecule has 0 spiro atoms. The predicted molar refractivity (Wildman–Crippen MR) is 76.6 cm³/mol. The molecule has 2 unspecified atom stereocenters. The molecule has 98 valence electrons. The fourth-order valence-electron chi connectivity index (χ4n) is 4.34. The fourth-order valence-corrected chi connectivity index (χ4v) is 4.75. The van der Waals surface area contributed by atoms with Gasteiger partial charge in [0, 0.05) is 13.1 Å². The smallest absolute Gasteiger partial charge is 0.00459 e. The van der Waals surface area contributed by atoms with E-state index in [4.69, 9.17) is 0 Å². The average Bonchev–Trinajstić information content (AvgIpc) is 2.34. The molecule has 0 radical (unpaired) electrons. The third-order valence-corrected chi connectivity index (χ3v) is 6.35. The van der Waals surface area contributed by atoms with Crippen molar-refractivity contribution in [3.8, 4) is 0 Å². The molecule has 0 aromatic carbocycles. The van der Waals surface area contributed by atoms with Crippen molar-refractivity contribution in [2.45, 2.75) is 51.4 Å². The van der Waals surface area contributed by atoms with Crippen LogP contribution >= 0.6 is 12.6 Å². The van der Waals surface area contributed by atoms with Gasteiger partial charge in [0.2, 0.25) is 0 Å². The highest BCUT2D eigenvalue weighted by atomic mass is 32.1. The van der Waals surface area contributed by atoms with Crippen molar-refractivity contribution in [3.05, 3.63) is 0 Å².